The molecule has 30 heavy (non-hydrogen) atoms. The van der Waals surface area contributed by atoms with E-state index in [1.54, 1.807) is 0 Å². The maximum Gasteiger partial charge on any atom is 0.234 e. The maximum atomic E-state index is 12.8. The standard InChI is InChI=1S/C22H33N5O2S/c1-6-27-21(26-10-12-29-13-11-26)24-25-22(27)30-14-19(28)23-20-17(15(2)3)8-7-9-18(20)16(4)5/h7-9,15-16H,6,10-14H2,1-5H3,(H,23,28). The van der Waals surface area contributed by atoms with E-state index in [0.717, 1.165) is 36.4 Å². The van der Waals surface area contributed by atoms with Gasteiger partial charge in [-0.1, -0.05) is 57.7 Å². The minimum Gasteiger partial charge on any atom is -0.378 e. The van der Waals surface area contributed by atoms with Crippen LogP contribution in [-0.2, 0) is 16.1 Å². The molecule has 3 rings (SSSR count). The summed E-state index contributed by atoms with van der Waals surface area (Å²) in [5.74, 6) is 1.81. The number of rotatable bonds is 8. The van der Waals surface area contributed by atoms with Crippen molar-refractivity contribution in [1.29, 1.82) is 0 Å². The second kappa shape index (κ2) is 10.3. The Labute approximate surface area is 183 Å². The van der Waals surface area contributed by atoms with Crippen LogP contribution in [0.3, 0.4) is 0 Å². The molecule has 1 aliphatic rings. The molecule has 2 aromatic rings. The molecular weight excluding hydrogens is 398 g/mol. The number of carbonyl (C=O) groups excluding carboxylic acids is 1. The first kappa shape index (κ1) is 22.6. The Kier molecular flexibility index (Phi) is 7.77. The van der Waals surface area contributed by atoms with Gasteiger partial charge in [0.1, 0.15) is 0 Å². The fourth-order valence-electron chi connectivity index (χ4n) is 3.66. The Morgan fingerprint density at radius 3 is 2.33 bits per heavy atom. The summed E-state index contributed by atoms with van der Waals surface area (Å²) in [5.41, 5.74) is 3.30. The first-order valence-corrected chi connectivity index (χ1v) is 11.7. The van der Waals surface area contributed by atoms with E-state index >= 15 is 0 Å². The number of aromatic nitrogens is 3. The highest BCUT2D eigenvalue weighted by molar-refractivity contribution is 7.99. The molecular formula is C22H33N5O2S. The van der Waals surface area contributed by atoms with Gasteiger partial charge in [0, 0.05) is 25.3 Å². The number of hydrogen-bond donors (Lipinski definition) is 1. The van der Waals surface area contributed by atoms with Gasteiger partial charge in [0.2, 0.25) is 11.9 Å². The number of anilines is 2. The lowest BCUT2D eigenvalue weighted by molar-refractivity contribution is -0.113. The molecule has 1 aliphatic heterocycles. The predicted octanol–water partition coefficient (Wildman–Crippen LogP) is 4.11. The van der Waals surface area contributed by atoms with Crippen molar-refractivity contribution in [3.63, 3.8) is 0 Å². The van der Waals surface area contributed by atoms with Crippen molar-refractivity contribution in [3.8, 4) is 0 Å². The molecule has 1 N–H and O–H groups in total. The number of para-hydroxylation sites is 1. The molecule has 0 bridgehead atoms. The van der Waals surface area contributed by atoms with Crippen LogP contribution in [0.1, 0.15) is 57.6 Å². The van der Waals surface area contributed by atoms with Gasteiger partial charge in [0.25, 0.3) is 0 Å². The molecule has 1 aromatic carbocycles. The van der Waals surface area contributed by atoms with E-state index in [1.165, 1.54) is 22.9 Å². The van der Waals surface area contributed by atoms with E-state index in [0.29, 0.717) is 30.8 Å². The van der Waals surface area contributed by atoms with Crippen LogP contribution >= 0.6 is 11.8 Å². The molecule has 8 heteroatoms. The number of carbonyl (C=O) groups is 1. The van der Waals surface area contributed by atoms with Gasteiger partial charge in [-0.25, -0.2) is 0 Å². The summed E-state index contributed by atoms with van der Waals surface area (Å²) in [6.45, 7) is 14.5. The molecule has 1 amide bonds. The van der Waals surface area contributed by atoms with Crippen molar-refractivity contribution < 1.29 is 9.53 Å². The SMILES string of the molecule is CCn1c(SCC(=O)Nc2c(C(C)C)cccc2C(C)C)nnc1N1CCOCC1. The van der Waals surface area contributed by atoms with Crippen LogP contribution in [-0.4, -0.2) is 52.7 Å². The van der Waals surface area contributed by atoms with Gasteiger partial charge in [-0.3, -0.25) is 9.36 Å². The lowest BCUT2D eigenvalue weighted by atomic mass is 9.92. The molecule has 164 valence electrons. The van der Waals surface area contributed by atoms with E-state index < -0.39 is 0 Å². The Balaban J connectivity index is 1.71. The average Bonchev–Trinajstić information content (AvgIpc) is 3.15. The monoisotopic (exact) mass is 431 g/mol. The zero-order valence-corrected chi connectivity index (χ0v) is 19.5. The minimum atomic E-state index is -0.0198. The van der Waals surface area contributed by atoms with E-state index in [-0.39, 0.29) is 5.91 Å². The largest absolute Gasteiger partial charge is 0.378 e. The number of hydrogen-bond acceptors (Lipinski definition) is 6. The van der Waals surface area contributed by atoms with Gasteiger partial charge in [-0.05, 0) is 29.9 Å². The molecule has 1 aromatic heterocycles. The smallest absolute Gasteiger partial charge is 0.234 e. The quantitative estimate of drug-likeness (QED) is 0.634. The summed E-state index contributed by atoms with van der Waals surface area (Å²) in [7, 11) is 0. The van der Waals surface area contributed by atoms with Crippen LogP contribution in [0.15, 0.2) is 23.4 Å². The van der Waals surface area contributed by atoms with Crippen molar-refractivity contribution in [3.05, 3.63) is 29.3 Å². The third-order valence-electron chi connectivity index (χ3n) is 5.28. The summed E-state index contributed by atoms with van der Waals surface area (Å²) >= 11 is 1.43. The van der Waals surface area contributed by atoms with Crippen molar-refractivity contribution in [2.24, 2.45) is 0 Å². The zero-order chi connectivity index (χ0) is 21.7. The molecule has 0 saturated carbocycles. The van der Waals surface area contributed by atoms with E-state index in [4.69, 9.17) is 4.74 Å². The van der Waals surface area contributed by atoms with Crippen LogP contribution in [0, 0.1) is 0 Å². The Morgan fingerprint density at radius 2 is 1.77 bits per heavy atom. The molecule has 0 spiro atoms. The fourth-order valence-corrected chi connectivity index (χ4v) is 4.46. The number of benzene rings is 1. The number of amides is 1. The predicted molar refractivity (Wildman–Crippen MR) is 123 cm³/mol. The second-order valence-electron chi connectivity index (χ2n) is 8.08. The fraction of sp³-hybridized carbons (Fsp3) is 0.591. The third-order valence-corrected chi connectivity index (χ3v) is 6.24. The highest BCUT2D eigenvalue weighted by Crippen LogP contribution is 2.32. The first-order chi connectivity index (χ1) is 14.4. The topological polar surface area (TPSA) is 72.3 Å². The molecule has 0 radical (unpaired) electrons. The second-order valence-corrected chi connectivity index (χ2v) is 9.03. The van der Waals surface area contributed by atoms with Crippen LogP contribution < -0.4 is 10.2 Å². The first-order valence-electron chi connectivity index (χ1n) is 10.7. The summed E-state index contributed by atoms with van der Waals surface area (Å²) in [4.78, 5) is 15.0. The molecule has 1 fully saturated rings. The molecule has 7 nitrogen and oxygen atoms in total. The molecule has 0 unspecified atom stereocenters. The van der Waals surface area contributed by atoms with E-state index in [1.807, 2.05) is 0 Å². The molecule has 2 heterocycles. The summed E-state index contributed by atoms with van der Waals surface area (Å²) in [6, 6.07) is 6.27. The number of thioether (sulfide) groups is 1. The van der Waals surface area contributed by atoms with Gasteiger partial charge in [0.15, 0.2) is 5.16 Å². The number of nitrogens with zero attached hydrogens (tertiary/aromatic N) is 4. The minimum absolute atomic E-state index is 0.0198. The lowest BCUT2D eigenvalue weighted by Crippen LogP contribution is -2.38. The van der Waals surface area contributed by atoms with Crippen LogP contribution in [0.25, 0.3) is 0 Å². The van der Waals surface area contributed by atoms with Gasteiger partial charge < -0.3 is 15.0 Å². The molecule has 0 atom stereocenters. The molecule has 0 aliphatic carbocycles. The van der Waals surface area contributed by atoms with Crippen LogP contribution in [0.4, 0.5) is 11.6 Å². The van der Waals surface area contributed by atoms with E-state index in [9.17, 15) is 4.79 Å². The Hall–Kier alpha value is -2.06. The van der Waals surface area contributed by atoms with E-state index in [2.05, 4.69) is 77.8 Å². The Morgan fingerprint density at radius 1 is 1.13 bits per heavy atom. The summed E-state index contributed by atoms with van der Waals surface area (Å²) in [6.07, 6.45) is 0. The van der Waals surface area contributed by atoms with Crippen molar-refractivity contribution in [2.45, 2.75) is 58.2 Å². The average molecular weight is 432 g/mol. The zero-order valence-electron chi connectivity index (χ0n) is 18.6. The van der Waals surface area contributed by atoms with Crippen LogP contribution in [0.2, 0.25) is 0 Å². The van der Waals surface area contributed by atoms with Crippen molar-refractivity contribution in [2.75, 3.05) is 42.3 Å². The summed E-state index contributed by atoms with van der Waals surface area (Å²) in [5, 5.41) is 12.7. The highest BCUT2D eigenvalue weighted by Gasteiger charge is 2.21. The maximum absolute atomic E-state index is 12.8. The number of morpholine rings is 1. The van der Waals surface area contributed by atoms with Gasteiger partial charge in [-0.15, -0.1) is 10.2 Å². The van der Waals surface area contributed by atoms with Gasteiger partial charge in [0.05, 0.1) is 19.0 Å². The van der Waals surface area contributed by atoms with Gasteiger partial charge in [-0.2, -0.15) is 0 Å². The Bertz CT molecular complexity index is 833. The lowest BCUT2D eigenvalue weighted by Gasteiger charge is -2.27. The third kappa shape index (κ3) is 5.16. The summed E-state index contributed by atoms with van der Waals surface area (Å²) < 4.78 is 7.51. The number of nitrogens with one attached hydrogen (secondary N) is 1. The van der Waals surface area contributed by atoms with Gasteiger partial charge >= 0.3 is 0 Å². The number of ether oxygens (including phenoxy) is 1. The van der Waals surface area contributed by atoms with Crippen molar-refractivity contribution in [1.82, 2.24) is 14.8 Å². The highest BCUT2D eigenvalue weighted by atomic mass is 32.2. The molecule has 1 saturated heterocycles. The van der Waals surface area contributed by atoms with Crippen LogP contribution in [0.5, 0.6) is 0 Å². The van der Waals surface area contributed by atoms with Crippen molar-refractivity contribution >= 4 is 29.3 Å². The normalized spacial score (nSPS) is 14.6.